The largest absolute Gasteiger partial charge is 0.466 e. The summed E-state index contributed by atoms with van der Waals surface area (Å²) in [5.41, 5.74) is 0. The number of ether oxygens (including phenoxy) is 1. The number of esters is 1. The van der Waals surface area contributed by atoms with Crippen molar-refractivity contribution in [1.82, 2.24) is 4.90 Å². The Bertz CT molecular complexity index is 208. The predicted molar refractivity (Wildman–Crippen MR) is 62.1 cm³/mol. The lowest BCUT2D eigenvalue weighted by molar-refractivity contribution is -0.149. The number of hydrogen-bond acceptors (Lipinski definition) is 4. The van der Waals surface area contributed by atoms with Crippen LogP contribution in [0.2, 0.25) is 0 Å². The molecule has 16 heavy (non-hydrogen) atoms. The Labute approximate surface area is 97.6 Å². The van der Waals surface area contributed by atoms with Crippen LogP contribution < -0.4 is 0 Å². The Morgan fingerprint density at radius 1 is 1.50 bits per heavy atom. The quantitative estimate of drug-likeness (QED) is 0.546. The lowest BCUT2D eigenvalue weighted by Gasteiger charge is -2.31. The zero-order chi connectivity index (χ0) is 11.8. The molecule has 0 aromatic carbocycles. The first-order chi connectivity index (χ1) is 7.77. The number of carbonyl (C=O) groups excluding carboxylic acids is 1. The summed E-state index contributed by atoms with van der Waals surface area (Å²) in [5, 5.41) is 8.71. The molecule has 1 aliphatic rings. The summed E-state index contributed by atoms with van der Waals surface area (Å²) in [7, 11) is 0. The van der Waals surface area contributed by atoms with E-state index in [1.165, 1.54) is 0 Å². The minimum atomic E-state index is -0.0469. The molecule has 0 aromatic heterocycles. The second-order valence-corrected chi connectivity index (χ2v) is 4.32. The second kappa shape index (κ2) is 7.63. The van der Waals surface area contributed by atoms with Gasteiger partial charge in [-0.2, -0.15) is 0 Å². The smallest absolute Gasteiger partial charge is 0.310 e. The molecule has 1 saturated heterocycles. The molecule has 1 heterocycles. The van der Waals surface area contributed by atoms with Gasteiger partial charge < -0.3 is 14.7 Å². The van der Waals surface area contributed by atoms with Crippen LogP contribution >= 0.6 is 0 Å². The molecule has 0 bridgehead atoms. The van der Waals surface area contributed by atoms with Crippen LogP contribution in [0.15, 0.2) is 0 Å². The number of nitrogens with zero attached hydrogens (tertiary/aromatic N) is 1. The molecule has 0 unspecified atom stereocenters. The fourth-order valence-electron chi connectivity index (χ4n) is 2.16. The highest BCUT2D eigenvalue weighted by Gasteiger charge is 2.26. The normalized spacial score (nSPS) is 22.0. The minimum absolute atomic E-state index is 0.0469. The first-order valence-corrected chi connectivity index (χ1v) is 6.27. The van der Waals surface area contributed by atoms with Gasteiger partial charge in [0, 0.05) is 13.2 Å². The van der Waals surface area contributed by atoms with Gasteiger partial charge in [-0.3, -0.25) is 4.79 Å². The molecule has 1 N–H and O–H groups in total. The van der Waals surface area contributed by atoms with Crippen LogP contribution in [0.1, 0.15) is 32.6 Å². The number of aliphatic hydroxyl groups excluding tert-OH is 1. The number of unbranched alkanes of at least 4 members (excludes halogenated alkanes) is 1. The highest BCUT2D eigenvalue weighted by Crippen LogP contribution is 2.18. The number of likely N-dealkylation sites (tertiary alicyclic amines) is 1. The van der Waals surface area contributed by atoms with Crippen LogP contribution in [0.5, 0.6) is 0 Å². The van der Waals surface area contributed by atoms with E-state index in [9.17, 15) is 4.79 Å². The van der Waals surface area contributed by atoms with Gasteiger partial charge in [-0.15, -0.1) is 0 Å². The monoisotopic (exact) mass is 229 g/mol. The molecule has 0 radical (unpaired) electrons. The van der Waals surface area contributed by atoms with E-state index < -0.39 is 0 Å². The Morgan fingerprint density at radius 2 is 2.31 bits per heavy atom. The Balaban J connectivity index is 2.26. The van der Waals surface area contributed by atoms with E-state index in [2.05, 4.69) is 4.90 Å². The van der Waals surface area contributed by atoms with Gasteiger partial charge in [-0.25, -0.2) is 0 Å². The Morgan fingerprint density at radius 3 is 3.00 bits per heavy atom. The number of carbonyl (C=O) groups is 1. The molecular formula is C12H23NO3. The van der Waals surface area contributed by atoms with Crippen molar-refractivity contribution in [2.45, 2.75) is 32.6 Å². The zero-order valence-electron chi connectivity index (χ0n) is 10.2. The van der Waals surface area contributed by atoms with E-state index in [4.69, 9.17) is 9.84 Å². The van der Waals surface area contributed by atoms with Crippen molar-refractivity contribution in [2.75, 3.05) is 32.8 Å². The zero-order valence-corrected chi connectivity index (χ0v) is 10.2. The van der Waals surface area contributed by atoms with E-state index in [1.54, 1.807) is 0 Å². The average molecular weight is 229 g/mol. The minimum Gasteiger partial charge on any atom is -0.466 e. The van der Waals surface area contributed by atoms with Crippen molar-refractivity contribution < 1.29 is 14.6 Å². The van der Waals surface area contributed by atoms with Crippen LogP contribution in [0, 0.1) is 5.92 Å². The number of piperidine rings is 1. The van der Waals surface area contributed by atoms with Gasteiger partial charge in [0.1, 0.15) is 0 Å². The summed E-state index contributed by atoms with van der Waals surface area (Å²) < 4.78 is 5.05. The Kier molecular flexibility index (Phi) is 6.42. The maximum Gasteiger partial charge on any atom is 0.310 e. The van der Waals surface area contributed by atoms with Crippen LogP contribution in [-0.4, -0.2) is 48.8 Å². The van der Waals surface area contributed by atoms with Crippen molar-refractivity contribution >= 4 is 5.97 Å². The summed E-state index contributed by atoms with van der Waals surface area (Å²) in [4.78, 5) is 13.9. The Hall–Kier alpha value is -0.610. The van der Waals surface area contributed by atoms with E-state index in [0.29, 0.717) is 6.61 Å². The van der Waals surface area contributed by atoms with Gasteiger partial charge in [0.25, 0.3) is 0 Å². The fourth-order valence-corrected chi connectivity index (χ4v) is 2.16. The maximum atomic E-state index is 11.6. The van der Waals surface area contributed by atoms with Crippen LogP contribution in [0.4, 0.5) is 0 Å². The van der Waals surface area contributed by atoms with Crippen molar-refractivity contribution in [1.29, 1.82) is 0 Å². The third-order valence-electron chi connectivity index (χ3n) is 3.01. The standard InChI is InChI=1S/C12H23NO3/c1-2-16-12(15)11-6-5-8-13(10-11)7-3-4-9-14/h11,14H,2-10H2,1H3/t11-/m0/s1. The van der Waals surface area contributed by atoms with Crippen molar-refractivity contribution in [3.63, 3.8) is 0 Å². The third kappa shape index (κ3) is 4.49. The van der Waals surface area contributed by atoms with Crippen LogP contribution in [-0.2, 0) is 9.53 Å². The summed E-state index contributed by atoms with van der Waals surface area (Å²) >= 11 is 0. The van der Waals surface area contributed by atoms with E-state index >= 15 is 0 Å². The maximum absolute atomic E-state index is 11.6. The molecule has 0 aliphatic carbocycles. The highest BCUT2D eigenvalue weighted by atomic mass is 16.5. The first kappa shape index (κ1) is 13.5. The SMILES string of the molecule is CCOC(=O)[C@H]1CCCN(CCCCO)C1. The lowest BCUT2D eigenvalue weighted by atomic mass is 9.98. The van der Waals surface area contributed by atoms with Gasteiger partial charge in [-0.05, 0) is 45.7 Å². The third-order valence-corrected chi connectivity index (χ3v) is 3.01. The predicted octanol–water partition coefficient (Wildman–Crippen LogP) is 1.03. The molecular weight excluding hydrogens is 206 g/mol. The number of aliphatic hydroxyl groups is 1. The van der Waals surface area contributed by atoms with Gasteiger partial charge in [0.15, 0.2) is 0 Å². The van der Waals surface area contributed by atoms with Gasteiger partial charge in [0.05, 0.1) is 12.5 Å². The fraction of sp³-hybridized carbons (Fsp3) is 0.917. The molecule has 0 aromatic rings. The van der Waals surface area contributed by atoms with Crippen LogP contribution in [0.25, 0.3) is 0 Å². The first-order valence-electron chi connectivity index (χ1n) is 6.27. The average Bonchev–Trinajstić information content (AvgIpc) is 2.30. The van der Waals surface area contributed by atoms with Crippen molar-refractivity contribution in [3.8, 4) is 0 Å². The molecule has 0 amide bonds. The molecule has 1 rings (SSSR count). The molecule has 4 heteroatoms. The highest BCUT2D eigenvalue weighted by molar-refractivity contribution is 5.72. The summed E-state index contributed by atoms with van der Waals surface area (Å²) in [6.45, 7) is 5.46. The van der Waals surface area contributed by atoms with E-state index in [-0.39, 0.29) is 18.5 Å². The summed E-state index contributed by atoms with van der Waals surface area (Å²) in [6.07, 6.45) is 3.88. The molecule has 0 saturated carbocycles. The number of rotatable bonds is 6. The van der Waals surface area contributed by atoms with Gasteiger partial charge in [-0.1, -0.05) is 0 Å². The van der Waals surface area contributed by atoms with Crippen LogP contribution in [0.3, 0.4) is 0 Å². The van der Waals surface area contributed by atoms with E-state index in [0.717, 1.165) is 45.3 Å². The van der Waals surface area contributed by atoms with Gasteiger partial charge >= 0.3 is 5.97 Å². The lowest BCUT2D eigenvalue weighted by Crippen LogP contribution is -2.39. The molecule has 94 valence electrons. The summed E-state index contributed by atoms with van der Waals surface area (Å²) in [5.74, 6) is 0.0113. The van der Waals surface area contributed by atoms with Crippen molar-refractivity contribution in [3.05, 3.63) is 0 Å². The van der Waals surface area contributed by atoms with Crippen molar-refractivity contribution in [2.24, 2.45) is 5.92 Å². The molecule has 4 nitrogen and oxygen atoms in total. The van der Waals surface area contributed by atoms with Gasteiger partial charge in [0.2, 0.25) is 0 Å². The summed E-state index contributed by atoms with van der Waals surface area (Å²) in [6, 6.07) is 0. The molecule has 0 spiro atoms. The van der Waals surface area contributed by atoms with E-state index in [1.807, 2.05) is 6.92 Å². The topological polar surface area (TPSA) is 49.8 Å². The molecule has 1 aliphatic heterocycles. The number of hydrogen-bond donors (Lipinski definition) is 1. The second-order valence-electron chi connectivity index (χ2n) is 4.32. The molecule has 1 atom stereocenters. The molecule has 1 fully saturated rings.